The molecule has 7 aromatic rings. The number of aromatic nitrogens is 1. The molecule has 1 N–H and O–H groups in total. The minimum atomic E-state index is 1.17. The fourth-order valence-electron chi connectivity index (χ4n) is 5.59. The Hall–Kier alpha value is -4.88. The quantitative estimate of drug-likeness (QED) is 0.263. The standard InChI is InChI=1S/C36H25N/c1-2-13-25(14-3-1)26-15-4-5-16-27(26)28-17-6-7-18-29(28)30-19-8-9-20-31(30)33-22-12-23-34-32-21-10-11-24-35(32)37-36(33)34/h1-24,37H. The van der Waals surface area contributed by atoms with Gasteiger partial charge >= 0.3 is 0 Å². The third-order valence-corrected chi connectivity index (χ3v) is 7.28. The predicted octanol–water partition coefficient (Wildman–Crippen LogP) is 9.99. The number of hydrogen-bond donors (Lipinski definition) is 1. The summed E-state index contributed by atoms with van der Waals surface area (Å²) in [6.45, 7) is 0. The molecule has 0 aliphatic rings. The molecular weight excluding hydrogens is 446 g/mol. The summed E-state index contributed by atoms with van der Waals surface area (Å²) < 4.78 is 0. The van der Waals surface area contributed by atoms with Crippen LogP contribution in [0.5, 0.6) is 0 Å². The Morgan fingerprint density at radius 1 is 0.297 bits per heavy atom. The molecule has 0 radical (unpaired) electrons. The summed E-state index contributed by atoms with van der Waals surface area (Å²) in [7, 11) is 0. The number of H-pyrrole nitrogens is 1. The molecule has 0 aliphatic heterocycles. The number of hydrogen-bond acceptors (Lipinski definition) is 0. The van der Waals surface area contributed by atoms with Crippen LogP contribution >= 0.6 is 0 Å². The molecule has 7 rings (SSSR count). The average molecular weight is 472 g/mol. The maximum atomic E-state index is 3.70. The van der Waals surface area contributed by atoms with Crippen molar-refractivity contribution in [2.45, 2.75) is 0 Å². The zero-order chi connectivity index (χ0) is 24.6. The van der Waals surface area contributed by atoms with Gasteiger partial charge in [0.1, 0.15) is 0 Å². The van der Waals surface area contributed by atoms with Crippen LogP contribution < -0.4 is 0 Å². The lowest BCUT2D eigenvalue weighted by Crippen LogP contribution is -1.91. The molecule has 0 aliphatic carbocycles. The highest BCUT2D eigenvalue weighted by Crippen LogP contribution is 2.43. The highest BCUT2D eigenvalue weighted by Gasteiger charge is 2.17. The lowest BCUT2D eigenvalue weighted by atomic mass is 9.86. The van der Waals surface area contributed by atoms with E-state index in [2.05, 4.69) is 151 Å². The Balaban J connectivity index is 1.47. The molecule has 0 saturated heterocycles. The van der Waals surface area contributed by atoms with Gasteiger partial charge in [-0.15, -0.1) is 0 Å². The Kier molecular flexibility index (Phi) is 5.19. The molecule has 0 bridgehead atoms. The number of nitrogens with one attached hydrogen (secondary N) is 1. The molecule has 37 heavy (non-hydrogen) atoms. The molecule has 1 aromatic heterocycles. The second kappa shape index (κ2) is 8.96. The third kappa shape index (κ3) is 3.64. The van der Waals surface area contributed by atoms with Gasteiger partial charge in [0.2, 0.25) is 0 Å². The largest absolute Gasteiger partial charge is 0.354 e. The minimum Gasteiger partial charge on any atom is -0.354 e. The fourth-order valence-corrected chi connectivity index (χ4v) is 5.59. The smallest absolute Gasteiger partial charge is 0.0544 e. The summed E-state index contributed by atoms with van der Waals surface area (Å²) >= 11 is 0. The Morgan fingerprint density at radius 3 is 1.38 bits per heavy atom. The lowest BCUT2D eigenvalue weighted by molar-refractivity contribution is 1.52. The van der Waals surface area contributed by atoms with Crippen molar-refractivity contribution in [2.24, 2.45) is 0 Å². The summed E-state index contributed by atoms with van der Waals surface area (Å²) in [5.74, 6) is 0. The van der Waals surface area contributed by atoms with Gasteiger partial charge in [-0.1, -0.05) is 140 Å². The van der Waals surface area contributed by atoms with Gasteiger partial charge in [0.25, 0.3) is 0 Å². The average Bonchev–Trinajstić information content (AvgIpc) is 3.37. The van der Waals surface area contributed by atoms with E-state index in [4.69, 9.17) is 0 Å². The Labute approximate surface area is 216 Å². The fraction of sp³-hybridized carbons (Fsp3) is 0. The molecular formula is C36H25N. The summed E-state index contributed by atoms with van der Waals surface area (Å²) in [5.41, 5.74) is 12.2. The van der Waals surface area contributed by atoms with E-state index in [-0.39, 0.29) is 0 Å². The van der Waals surface area contributed by atoms with Crippen LogP contribution in [0.1, 0.15) is 0 Å². The third-order valence-electron chi connectivity index (χ3n) is 7.28. The van der Waals surface area contributed by atoms with E-state index in [0.717, 1.165) is 0 Å². The second-order valence-corrected chi connectivity index (χ2v) is 9.40. The molecule has 0 unspecified atom stereocenters. The molecule has 0 fully saturated rings. The van der Waals surface area contributed by atoms with E-state index in [1.807, 2.05) is 0 Å². The van der Waals surface area contributed by atoms with E-state index in [1.54, 1.807) is 0 Å². The van der Waals surface area contributed by atoms with E-state index < -0.39 is 0 Å². The molecule has 0 atom stereocenters. The first-order chi connectivity index (χ1) is 18.4. The number of para-hydroxylation sites is 2. The van der Waals surface area contributed by atoms with Gasteiger partial charge in [-0.3, -0.25) is 0 Å². The van der Waals surface area contributed by atoms with Crippen LogP contribution in [0.4, 0.5) is 0 Å². The summed E-state index contributed by atoms with van der Waals surface area (Å²) in [5, 5.41) is 2.51. The van der Waals surface area contributed by atoms with Crippen molar-refractivity contribution >= 4 is 21.8 Å². The molecule has 174 valence electrons. The first-order valence-corrected chi connectivity index (χ1v) is 12.7. The van der Waals surface area contributed by atoms with Gasteiger partial charge in [0, 0.05) is 21.9 Å². The zero-order valence-electron chi connectivity index (χ0n) is 20.4. The Bertz CT molecular complexity index is 1870. The van der Waals surface area contributed by atoms with Crippen LogP contribution in [0.2, 0.25) is 0 Å². The molecule has 0 saturated carbocycles. The number of aromatic amines is 1. The highest BCUT2D eigenvalue weighted by atomic mass is 14.7. The minimum absolute atomic E-state index is 1.17. The van der Waals surface area contributed by atoms with E-state index in [0.29, 0.717) is 0 Å². The van der Waals surface area contributed by atoms with Gasteiger partial charge in [-0.25, -0.2) is 0 Å². The summed E-state index contributed by atoms with van der Waals surface area (Å²) in [4.78, 5) is 3.70. The highest BCUT2D eigenvalue weighted by molar-refractivity contribution is 6.13. The monoisotopic (exact) mass is 471 g/mol. The van der Waals surface area contributed by atoms with Crippen LogP contribution in [0, 0.1) is 0 Å². The predicted molar refractivity (Wildman–Crippen MR) is 158 cm³/mol. The summed E-state index contributed by atoms with van der Waals surface area (Å²) in [6, 6.07) is 52.1. The van der Waals surface area contributed by atoms with E-state index in [9.17, 15) is 0 Å². The molecule has 1 heterocycles. The van der Waals surface area contributed by atoms with Crippen molar-refractivity contribution in [2.75, 3.05) is 0 Å². The normalized spacial score (nSPS) is 11.2. The molecule has 1 nitrogen and oxygen atoms in total. The van der Waals surface area contributed by atoms with Crippen molar-refractivity contribution in [3.8, 4) is 44.5 Å². The van der Waals surface area contributed by atoms with Gasteiger partial charge in [-0.2, -0.15) is 0 Å². The van der Waals surface area contributed by atoms with E-state index >= 15 is 0 Å². The van der Waals surface area contributed by atoms with Crippen LogP contribution in [0.3, 0.4) is 0 Å². The number of fused-ring (bicyclic) bond motifs is 3. The first kappa shape index (κ1) is 21.4. The molecule has 6 aromatic carbocycles. The van der Waals surface area contributed by atoms with E-state index in [1.165, 1.54) is 66.3 Å². The van der Waals surface area contributed by atoms with Crippen molar-refractivity contribution in [1.29, 1.82) is 0 Å². The van der Waals surface area contributed by atoms with Crippen molar-refractivity contribution in [1.82, 2.24) is 4.98 Å². The Morgan fingerprint density at radius 2 is 0.730 bits per heavy atom. The molecule has 1 heteroatoms. The number of rotatable bonds is 4. The zero-order valence-corrected chi connectivity index (χ0v) is 20.4. The van der Waals surface area contributed by atoms with Gasteiger partial charge < -0.3 is 4.98 Å². The van der Waals surface area contributed by atoms with Gasteiger partial charge in [0.05, 0.1) is 5.52 Å². The van der Waals surface area contributed by atoms with Crippen LogP contribution in [-0.2, 0) is 0 Å². The van der Waals surface area contributed by atoms with Crippen LogP contribution in [0.15, 0.2) is 146 Å². The summed E-state index contributed by atoms with van der Waals surface area (Å²) in [6.07, 6.45) is 0. The van der Waals surface area contributed by atoms with Gasteiger partial charge in [-0.05, 0) is 45.0 Å². The van der Waals surface area contributed by atoms with Crippen molar-refractivity contribution in [3.63, 3.8) is 0 Å². The van der Waals surface area contributed by atoms with Crippen LogP contribution in [-0.4, -0.2) is 4.98 Å². The lowest BCUT2D eigenvalue weighted by Gasteiger charge is -2.17. The maximum absolute atomic E-state index is 3.70. The van der Waals surface area contributed by atoms with Crippen molar-refractivity contribution < 1.29 is 0 Å². The van der Waals surface area contributed by atoms with Crippen molar-refractivity contribution in [3.05, 3.63) is 146 Å². The maximum Gasteiger partial charge on any atom is 0.0544 e. The SMILES string of the molecule is c1ccc(-c2ccccc2-c2ccccc2-c2ccccc2-c2cccc3c2[nH]c2ccccc23)cc1. The van der Waals surface area contributed by atoms with Crippen LogP contribution in [0.25, 0.3) is 66.3 Å². The topological polar surface area (TPSA) is 15.8 Å². The second-order valence-electron chi connectivity index (χ2n) is 9.40. The first-order valence-electron chi connectivity index (χ1n) is 12.7. The number of benzene rings is 6. The van der Waals surface area contributed by atoms with Gasteiger partial charge in [0.15, 0.2) is 0 Å². The molecule has 0 amide bonds. The molecule has 0 spiro atoms.